The van der Waals surface area contributed by atoms with E-state index in [1.54, 1.807) is 12.1 Å². The Hall–Kier alpha value is -2.48. The number of carbonyl (C=O) groups excluding carboxylic acids is 3. The molecule has 0 unspecified atom stereocenters. The van der Waals surface area contributed by atoms with E-state index in [1.807, 2.05) is 0 Å². The number of urea groups is 1. The van der Waals surface area contributed by atoms with Crippen LogP contribution >= 0.6 is 11.3 Å². The molecule has 20 heavy (non-hydrogen) atoms. The topological polar surface area (TPSA) is 95.0 Å². The Morgan fingerprint density at radius 1 is 1.30 bits per heavy atom. The smallest absolute Gasteiger partial charge is 0.334 e. The lowest BCUT2D eigenvalue weighted by Crippen LogP contribution is -2.30. The first-order valence-corrected chi connectivity index (χ1v) is 6.35. The van der Waals surface area contributed by atoms with Crippen LogP contribution in [0.5, 0.6) is 0 Å². The number of amides is 4. The van der Waals surface area contributed by atoms with Crippen LogP contribution in [0.25, 0.3) is 6.08 Å². The second-order valence-corrected chi connectivity index (χ2v) is 5.21. The summed E-state index contributed by atoms with van der Waals surface area (Å²) in [5, 5.41) is 8.52. The summed E-state index contributed by atoms with van der Waals surface area (Å²) in [7, 11) is 1.25. The molecule has 0 radical (unpaired) electrons. The highest BCUT2D eigenvalue weighted by Crippen LogP contribution is 2.22. The number of nitrogens with zero attached hydrogens (tertiary/aromatic N) is 2. The number of imide groups is 2. The van der Waals surface area contributed by atoms with E-state index in [2.05, 4.69) is 0 Å². The van der Waals surface area contributed by atoms with Gasteiger partial charge < -0.3 is 5.11 Å². The van der Waals surface area contributed by atoms with Gasteiger partial charge in [-0.3, -0.25) is 19.4 Å². The van der Waals surface area contributed by atoms with E-state index in [0.717, 1.165) is 15.9 Å². The fourth-order valence-corrected chi connectivity index (χ4v) is 2.54. The quantitative estimate of drug-likeness (QED) is 0.502. The minimum atomic E-state index is -1.06. The number of aliphatic carboxylic acids is 1. The van der Waals surface area contributed by atoms with Gasteiger partial charge in [0, 0.05) is 22.9 Å². The van der Waals surface area contributed by atoms with Gasteiger partial charge in [0.2, 0.25) is 0 Å². The van der Waals surface area contributed by atoms with Crippen LogP contribution in [0.1, 0.15) is 9.75 Å². The molecule has 4 amide bonds. The largest absolute Gasteiger partial charge is 0.478 e. The summed E-state index contributed by atoms with van der Waals surface area (Å²) in [6, 6.07) is 2.70. The van der Waals surface area contributed by atoms with Crippen LogP contribution in [0.4, 0.5) is 4.79 Å². The average Bonchev–Trinajstić information content (AvgIpc) is 2.92. The van der Waals surface area contributed by atoms with E-state index in [0.29, 0.717) is 9.75 Å². The molecule has 2 rings (SSSR count). The molecule has 0 aliphatic carbocycles. The van der Waals surface area contributed by atoms with E-state index in [1.165, 1.54) is 24.5 Å². The van der Waals surface area contributed by atoms with Crippen molar-refractivity contribution in [3.05, 3.63) is 28.0 Å². The zero-order valence-electron chi connectivity index (χ0n) is 10.4. The second-order valence-electron chi connectivity index (χ2n) is 4.01. The van der Waals surface area contributed by atoms with Crippen LogP contribution in [0.3, 0.4) is 0 Å². The van der Waals surface area contributed by atoms with Gasteiger partial charge >= 0.3 is 23.8 Å². The lowest BCUT2D eigenvalue weighted by molar-refractivity contribution is -0.143. The first kappa shape index (κ1) is 13.9. The first-order chi connectivity index (χ1) is 9.40. The number of rotatable bonds is 4. The van der Waals surface area contributed by atoms with Crippen LogP contribution in [0.15, 0.2) is 18.2 Å². The summed E-state index contributed by atoms with van der Waals surface area (Å²) in [6.07, 6.45) is 2.42. The Morgan fingerprint density at radius 3 is 2.55 bits per heavy atom. The molecule has 0 bridgehead atoms. The molecule has 1 N–H and O–H groups in total. The van der Waals surface area contributed by atoms with Crippen molar-refractivity contribution in [3.8, 4) is 0 Å². The third-order valence-corrected chi connectivity index (χ3v) is 3.67. The summed E-state index contributed by atoms with van der Waals surface area (Å²) in [6.45, 7) is -0.000670. The Kier molecular flexibility index (Phi) is 3.66. The predicted molar refractivity (Wildman–Crippen MR) is 69.7 cm³/mol. The summed E-state index contributed by atoms with van der Waals surface area (Å²) in [4.78, 5) is 48.0. The molecule has 104 valence electrons. The lowest BCUT2D eigenvalue weighted by Gasteiger charge is -2.10. The van der Waals surface area contributed by atoms with E-state index < -0.39 is 23.8 Å². The maximum atomic E-state index is 11.7. The van der Waals surface area contributed by atoms with Crippen molar-refractivity contribution in [2.75, 3.05) is 7.05 Å². The monoisotopic (exact) mass is 294 g/mol. The molecule has 1 fully saturated rings. The normalized spacial score (nSPS) is 15.8. The van der Waals surface area contributed by atoms with Gasteiger partial charge in [-0.1, -0.05) is 0 Å². The minimum Gasteiger partial charge on any atom is -0.478 e. The zero-order valence-corrected chi connectivity index (χ0v) is 11.2. The SMILES string of the molecule is CN1C(=O)C(=O)N(Cc2ccc(C=CC(=O)O)s2)C1=O. The number of hydrogen-bond donors (Lipinski definition) is 1. The van der Waals surface area contributed by atoms with Gasteiger partial charge in [-0.2, -0.15) is 0 Å². The number of carboxylic acid groups (broad SMARTS) is 1. The molecule has 0 atom stereocenters. The Balaban J connectivity index is 2.11. The van der Waals surface area contributed by atoms with Crippen molar-refractivity contribution < 1.29 is 24.3 Å². The maximum absolute atomic E-state index is 11.7. The summed E-state index contributed by atoms with van der Waals surface area (Å²) >= 11 is 1.24. The molecular formula is C12H10N2O5S. The van der Waals surface area contributed by atoms with Gasteiger partial charge in [0.15, 0.2) is 0 Å². The molecule has 1 aromatic heterocycles. The fraction of sp³-hybridized carbons (Fsp3) is 0.167. The van der Waals surface area contributed by atoms with Crippen LogP contribution in [-0.2, 0) is 20.9 Å². The van der Waals surface area contributed by atoms with Crippen LogP contribution in [0, 0.1) is 0 Å². The molecule has 1 aliphatic rings. The van der Waals surface area contributed by atoms with E-state index >= 15 is 0 Å². The van der Waals surface area contributed by atoms with Gasteiger partial charge in [0.25, 0.3) is 0 Å². The highest BCUT2D eigenvalue weighted by atomic mass is 32.1. The Bertz CT molecular complexity index is 634. The highest BCUT2D eigenvalue weighted by molar-refractivity contribution is 7.12. The van der Waals surface area contributed by atoms with E-state index in [9.17, 15) is 19.2 Å². The zero-order chi connectivity index (χ0) is 14.9. The van der Waals surface area contributed by atoms with Crippen molar-refractivity contribution in [1.82, 2.24) is 9.80 Å². The van der Waals surface area contributed by atoms with Crippen molar-refractivity contribution in [1.29, 1.82) is 0 Å². The molecule has 8 heteroatoms. The van der Waals surface area contributed by atoms with Crippen molar-refractivity contribution in [2.45, 2.75) is 6.54 Å². The Labute approximate surface area is 117 Å². The molecule has 1 aromatic rings. The van der Waals surface area contributed by atoms with Gasteiger partial charge in [-0.05, 0) is 18.2 Å². The lowest BCUT2D eigenvalue weighted by atomic mass is 10.3. The molecule has 1 aliphatic heterocycles. The van der Waals surface area contributed by atoms with Gasteiger partial charge in [-0.15, -0.1) is 11.3 Å². The second kappa shape index (κ2) is 5.25. The number of carbonyl (C=O) groups is 4. The standard InChI is InChI=1S/C12H10N2O5S/c1-13-10(17)11(18)14(12(13)19)6-8-3-2-7(20-8)4-5-9(15)16/h2-5H,6H2,1H3,(H,15,16). The van der Waals surface area contributed by atoms with Crippen LogP contribution in [0.2, 0.25) is 0 Å². The number of thiophene rings is 1. The molecule has 7 nitrogen and oxygen atoms in total. The third kappa shape index (κ3) is 2.59. The number of carboxylic acids is 1. The van der Waals surface area contributed by atoms with Crippen LogP contribution in [-0.4, -0.2) is 45.8 Å². The average molecular weight is 294 g/mol. The van der Waals surface area contributed by atoms with Crippen molar-refractivity contribution in [2.24, 2.45) is 0 Å². The van der Waals surface area contributed by atoms with Crippen molar-refractivity contribution >= 4 is 41.2 Å². The number of likely N-dealkylation sites (N-methyl/N-ethyl adjacent to an activating group) is 1. The Morgan fingerprint density at radius 2 is 2.00 bits per heavy atom. The van der Waals surface area contributed by atoms with Crippen molar-refractivity contribution in [3.63, 3.8) is 0 Å². The molecule has 0 spiro atoms. The molecular weight excluding hydrogens is 284 g/mol. The van der Waals surface area contributed by atoms with Gasteiger partial charge in [0.1, 0.15) is 0 Å². The molecule has 0 saturated carbocycles. The van der Waals surface area contributed by atoms with E-state index in [4.69, 9.17) is 5.11 Å². The van der Waals surface area contributed by atoms with Gasteiger partial charge in [0.05, 0.1) is 6.54 Å². The first-order valence-electron chi connectivity index (χ1n) is 5.53. The molecule has 1 saturated heterocycles. The molecule has 0 aromatic carbocycles. The number of hydrogen-bond acceptors (Lipinski definition) is 5. The summed E-state index contributed by atoms with van der Waals surface area (Å²) < 4.78 is 0. The summed E-state index contributed by atoms with van der Waals surface area (Å²) in [5.41, 5.74) is 0. The maximum Gasteiger partial charge on any atom is 0.334 e. The fourth-order valence-electron chi connectivity index (χ4n) is 1.63. The molecule has 2 heterocycles. The predicted octanol–water partition coefficient (Wildman–Crippen LogP) is 0.767. The van der Waals surface area contributed by atoms with E-state index in [-0.39, 0.29) is 6.54 Å². The highest BCUT2D eigenvalue weighted by Gasteiger charge is 2.42. The minimum absolute atomic E-state index is 0.000670. The summed E-state index contributed by atoms with van der Waals surface area (Å²) in [5.74, 6) is -2.76. The van der Waals surface area contributed by atoms with Crippen LogP contribution < -0.4 is 0 Å². The third-order valence-electron chi connectivity index (χ3n) is 2.64. The van der Waals surface area contributed by atoms with Gasteiger partial charge in [-0.25, -0.2) is 9.59 Å².